The number of aliphatic hydroxyl groups is 2. The first kappa shape index (κ1) is 27.8. The molecule has 0 spiro atoms. The standard InChI is InChI=1S/C10H12N2O6.C5H12O.C4H10/c13-5-10(16)11-2-1-6-3-8(14)9(15)4-7(6)12(17)18;1-5(2)3-4-6;1-4(2)3/h3-4,13-15H,1-2,5H2,(H,11,16);5-6H,3-4H2,1-2H3;4H,1-3H3. The molecule has 0 saturated heterocycles. The molecule has 1 aromatic rings. The average Bonchev–Trinajstić information content (AvgIpc) is 2.57. The molecule has 1 rings (SSSR count). The van der Waals surface area contributed by atoms with Crippen LogP contribution in [-0.2, 0) is 11.2 Å². The first-order valence-corrected chi connectivity index (χ1v) is 9.13. The van der Waals surface area contributed by atoms with Crippen LogP contribution in [0.5, 0.6) is 11.5 Å². The Bertz CT molecular complexity index is 587. The molecule has 162 valence electrons. The molecule has 0 unspecified atom stereocenters. The van der Waals surface area contributed by atoms with E-state index in [1.54, 1.807) is 0 Å². The van der Waals surface area contributed by atoms with Gasteiger partial charge in [0.05, 0.1) is 11.0 Å². The van der Waals surface area contributed by atoms with Crippen molar-refractivity contribution in [1.29, 1.82) is 0 Å². The first-order valence-electron chi connectivity index (χ1n) is 9.13. The van der Waals surface area contributed by atoms with E-state index in [2.05, 4.69) is 39.9 Å². The molecule has 0 aromatic heterocycles. The highest BCUT2D eigenvalue weighted by atomic mass is 16.6. The maximum atomic E-state index is 10.8. The second-order valence-corrected chi connectivity index (χ2v) is 7.12. The van der Waals surface area contributed by atoms with E-state index < -0.39 is 28.9 Å². The third kappa shape index (κ3) is 14.7. The summed E-state index contributed by atoms with van der Waals surface area (Å²) in [7, 11) is 0. The molecule has 0 aliphatic heterocycles. The number of nitrogens with zero attached hydrogens (tertiary/aromatic N) is 1. The number of carbonyl (C=O) groups excluding carboxylic acids is 1. The minimum atomic E-state index is -0.692. The van der Waals surface area contributed by atoms with Crippen molar-refractivity contribution >= 4 is 11.6 Å². The zero-order chi connectivity index (χ0) is 22.3. The molecule has 0 heterocycles. The smallest absolute Gasteiger partial charge is 0.276 e. The van der Waals surface area contributed by atoms with E-state index in [1.807, 2.05) is 0 Å². The summed E-state index contributed by atoms with van der Waals surface area (Å²) < 4.78 is 0. The summed E-state index contributed by atoms with van der Waals surface area (Å²) in [6.45, 7) is 10.4. The van der Waals surface area contributed by atoms with Crippen LogP contribution < -0.4 is 5.32 Å². The molecule has 0 saturated carbocycles. The summed E-state index contributed by atoms with van der Waals surface area (Å²) >= 11 is 0. The lowest BCUT2D eigenvalue weighted by Gasteiger charge is -2.06. The van der Waals surface area contributed by atoms with Crippen LogP contribution in [0.3, 0.4) is 0 Å². The van der Waals surface area contributed by atoms with Gasteiger partial charge in [-0.1, -0.05) is 34.6 Å². The van der Waals surface area contributed by atoms with Gasteiger partial charge in [-0.2, -0.15) is 0 Å². The first-order chi connectivity index (χ1) is 13.0. The van der Waals surface area contributed by atoms with Crippen LogP contribution >= 0.6 is 0 Å². The van der Waals surface area contributed by atoms with Gasteiger partial charge < -0.3 is 25.7 Å². The Morgan fingerprint density at radius 3 is 1.96 bits per heavy atom. The number of aliphatic hydroxyl groups excluding tert-OH is 2. The monoisotopic (exact) mass is 402 g/mol. The normalized spacial score (nSPS) is 9.89. The zero-order valence-corrected chi connectivity index (χ0v) is 17.3. The predicted octanol–water partition coefficient (Wildman–Crippen LogP) is 2.34. The largest absolute Gasteiger partial charge is 0.504 e. The van der Waals surface area contributed by atoms with Crippen molar-refractivity contribution in [1.82, 2.24) is 5.32 Å². The van der Waals surface area contributed by atoms with Crippen molar-refractivity contribution in [2.45, 2.75) is 47.5 Å². The molecule has 0 atom stereocenters. The molecule has 5 N–H and O–H groups in total. The quantitative estimate of drug-likeness (QED) is 0.266. The van der Waals surface area contributed by atoms with Crippen LogP contribution in [0.25, 0.3) is 0 Å². The average molecular weight is 402 g/mol. The zero-order valence-electron chi connectivity index (χ0n) is 17.3. The number of rotatable bonds is 7. The second-order valence-electron chi connectivity index (χ2n) is 7.12. The fourth-order valence-corrected chi connectivity index (χ4v) is 1.63. The van der Waals surface area contributed by atoms with E-state index in [0.717, 1.165) is 24.5 Å². The predicted molar refractivity (Wildman–Crippen MR) is 107 cm³/mol. The van der Waals surface area contributed by atoms with Gasteiger partial charge in [-0.15, -0.1) is 0 Å². The molecule has 0 aliphatic carbocycles. The lowest BCUT2D eigenvalue weighted by molar-refractivity contribution is -0.385. The number of benzene rings is 1. The van der Waals surface area contributed by atoms with Gasteiger partial charge in [0.25, 0.3) is 5.69 Å². The van der Waals surface area contributed by atoms with Gasteiger partial charge in [-0.3, -0.25) is 14.9 Å². The summed E-state index contributed by atoms with van der Waals surface area (Å²) in [5.41, 5.74) is -0.169. The van der Waals surface area contributed by atoms with Gasteiger partial charge in [0.2, 0.25) is 5.91 Å². The lowest BCUT2D eigenvalue weighted by atomic mass is 10.1. The number of hydrogen-bond acceptors (Lipinski definition) is 7. The molecule has 28 heavy (non-hydrogen) atoms. The molecule has 0 bridgehead atoms. The van der Waals surface area contributed by atoms with Crippen molar-refractivity contribution in [3.63, 3.8) is 0 Å². The van der Waals surface area contributed by atoms with Gasteiger partial charge in [0.15, 0.2) is 11.5 Å². The van der Waals surface area contributed by atoms with Crippen molar-refractivity contribution in [2.24, 2.45) is 11.8 Å². The number of phenols is 2. The maximum Gasteiger partial charge on any atom is 0.276 e. The number of carbonyl (C=O) groups is 1. The summed E-state index contributed by atoms with van der Waals surface area (Å²) in [6.07, 6.45) is 1.02. The Kier molecular flexibility index (Phi) is 15.5. The number of nitrogens with one attached hydrogen (secondary N) is 1. The van der Waals surface area contributed by atoms with E-state index >= 15 is 0 Å². The van der Waals surface area contributed by atoms with Crippen LogP contribution in [0, 0.1) is 22.0 Å². The lowest BCUT2D eigenvalue weighted by Crippen LogP contribution is -2.28. The highest BCUT2D eigenvalue weighted by molar-refractivity contribution is 5.76. The number of phenolic OH excluding ortho intramolecular Hbond substituents is 2. The van der Waals surface area contributed by atoms with Gasteiger partial charge in [-0.25, -0.2) is 0 Å². The summed E-state index contributed by atoms with van der Waals surface area (Å²) in [6, 6.07) is 1.91. The minimum absolute atomic E-state index is 0.0739. The molecule has 0 radical (unpaired) electrons. The topological polar surface area (TPSA) is 153 Å². The second kappa shape index (κ2) is 15.6. The minimum Gasteiger partial charge on any atom is -0.504 e. The van der Waals surface area contributed by atoms with Crippen molar-refractivity contribution in [3.8, 4) is 11.5 Å². The molecular formula is C19H34N2O7. The van der Waals surface area contributed by atoms with Crippen LogP contribution in [0.15, 0.2) is 12.1 Å². The van der Waals surface area contributed by atoms with Crippen LogP contribution in [-0.4, -0.2) is 51.0 Å². The summed E-state index contributed by atoms with van der Waals surface area (Å²) in [4.78, 5) is 20.8. The van der Waals surface area contributed by atoms with Crippen molar-refractivity contribution in [2.75, 3.05) is 19.8 Å². The molecule has 0 aliphatic rings. The van der Waals surface area contributed by atoms with Crippen molar-refractivity contribution in [3.05, 3.63) is 27.8 Å². The molecule has 0 fully saturated rings. The fourth-order valence-electron chi connectivity index (χ4n) is 1.63. The number of aromatic hydroxyl groups is 2. The van der Waals surface area contributed by atoms with E-state index in [9.17, 15) is 20.0 Å². The van der Waals surface area contributed by atoms with Gasteiger partial charge >= 0.3 is 0 Å². The highest BCUT2D eigenvalue weighted by Crippen LogP contribution is 2.32. The van der Waals surface area contributed by atoms with E-state index in [4.69, 9.17) is 15.3 Å². The maximum absolute atomic E-state index is 10.8. The van der Waals surface area contributed by atoms with Gasteiger partial charge in [0.1, 0.15) is 6.61 Å². The molecular weight excluding hydrogens is 368 g/mol. The number of amides is 1. The number of nitro groups is 1. The Labute approximate surface area is 166 Å². The van der Waals surface area contributed by atoms with E-state index in [-0.39, 0.29) is 24.2 Å². The SMILES string of the molecule is CC(C)C.CC(C)CCO.O=C(CO)NCCc1cc(O)c(O)cc1[N+](=O)[O-]. The number of hydrogen-bond donors (Lipinski definition) is 5. The third-order valence-corrected chi connectivity index (χ3v) is 2.94. The molecule has 9 nitrogen and oxygen atoms in total. The van der Waals surface area contributed by atoms with E-state index in [0.29, 0.717) is 12.5 Å². The van der Waals surface area contributed by atoms with Crippen LogP contribution in [0.4, 0.5) is 5.69 Å². The molecule has 1 amide bonds. The molecule has 9 heteroatoms. The van der Waals surface area contributed by atoms with Crippen LogP contribution in [0.1, 0.15) is 46.6 Å². The van der Waals surface area contributed by atoms with Gasteiger partial charge in [-0.05, 0) is 30.7 Å². The summed E-state index contributed by atoms with van der Waals surface area (Å²) in [5.74, 6) is -0.162. The Balaban J connectivity index is 0. The number of nitro benzene ring substituents is 1. The fraction of sp³-hybridized carbons (Fsp3) is 0.632. The Hall–Kier alpha value is -2.39. The third-order valence-electron chi connectivity index (χ3n) is 2.94. The molecule has 1 aromatic carbocycles. The summed E-state index contributed by atoms with van der Waals surface area (Å²) in [5, 5.41) is 48.2. The highest BCUT2D eigenvalue weighted by Gasteiger charge is 2.17. The van der Waals surface area contributed by atoms with Crippen LogP contribution in [0.2, 0.25) is 0 Å². The van der Waals surface area contributed by atoms with E-state index in [1.165, 1.54) is 0 Å². The van der Waals surface area contributed by atoms with Crippen molar-refractivity contribution < 1.29 is 30.1 Å². The van der Waals surface area contributed by atoms with Gasteiger partial charge in [0, 0.05) is 18.7 Å². The Morgan fingerprint density at radius 2 is 1.61 bits per heavy atom. The Morgan fingerprint density at radius 1 is 1.11 bits per heavy atom.